The number of hydrogen-bond donors (Lipinski definition) is 1. The van der Waals surface area contributed by atoms with Gasteiger partial charge in [-0.15, -0.1) is 24.0 Å². The van der Waals surface area contributed by atoms with Gasteiger partial charge in [0.2, 0.25) is 0 Å². The average Bonchev–Trinajstić information content (AvgIpc) is 3.09. The van der Waals surface area contributed by atoms with E-state index in [1.54, 1.807) is 25.4 Å². The fourth-order valence-electron chi connectivity index (χ4n) is 2.27. The van der Waals surface area contributed by atoms with E-state index in [1.807, 2.05) is 24.1 Å². The number of benzene rings is 1. The van der Waals surface area contributed by atoms with Crippen molar-refractivity contribution in [1.82, 2.24) is 10.2 Å². The monoisotopic (exact) mass is 461 g/mol. The number of guanidine groups is 1. The molecule has 0 aliphatic rings. The Morgan fingerprint density at radius 1 is 1.28 bits per heavy atom. The fraction of sp³-hybridized carbons (Fsp3) is 0.389. The highest BCUT2D eigenvalue weighted by Gasteiger charge is 2.06. The Bertz CT molecular complexity index is 618. The highest BCUT2D eigenvalue weighted by molar-refractivity contribution is 14.0. The van der Waals surface area contributed by atoms with Crippen LogP contribution in [0.2, 0.25) is 0 Å². The topological polar surface area (TPSA) is 50.0 Å². The van der Waals surface area contributed by atoms with E-state index in [0.29, 0.717) is 19.8 Å². The second-order valence-corrected chi connectivity index (χ2v) is 5.44. The van der Waals surface area contributed by atoms with Crippen LogP contribution in [0.3, 0.4) is 0 Å². The summed E-state index contributed by atoms with van der Waals surface area (Å²) >= 11 is 0. The summed E-state index contributed by atoms with van der Waals surface area (Å²) in [7, 11) is 3.70. The first-order chi connectivity index (χ1) is 11.7. The van der Waals surface area contributed by atoms with Gasteiger partial charge in [0.25, 0.3) is 0 Å². The number of hydrogen-bond acceptors (Lipinski definition) is 3. The molecule has 138 valence electrons. The Labute approximate surface area is 165 Å². The van der Waals surface area contributed by atoms with Gasteiger partial charge in [-0.2, -0.15) is 0 Å². The number of nitrogens with zero attached hydrogens (tertiary/aromatic N) is 2. The van der Waals surface area contributed by atoms with Crippen molar-refractivity contribution in [3.05, 3.63) is 59.8 Å². The second kappa shape index (κ2) is 11.9. The highest BCUT2D eigenvalue weighted by Crippen LogP contribution is 2.06. The number of halogens is 2. The Morgan fingerprint density at radius 2 is 2.04 bits per heavy atom. The minimum atomic E-state index is -0.224. The largest absolute Gasteiger partial charge is 0.467 e. The van der Waals surface area contributed by atoms with Crippen LogP contribution in [0.1, 0.15) is 17.7 Å². The molecule has 5 nitrogen and oxygen atoms in total. The van der Waals surface area contributed by atoms with Crippen LogP contribution in [-0.2, 0) is 17.9 Å². The van der Waals surface area contributed by atoms with Gasteiger partial charge in [-0.3, -0.25) is 4.99 Å². The van der Waals surface area contributed by atoms with Crippen LogP contribution < -0.4 is 5.32 Å². The van der Waals surface area contributed by atoms with Gasteiger partial charge in [0.05, 0.1) is 6.26 Å². The summed E-state index contributed by atoms with van der Waals surface area (Å²) in [6.07, 6.45) is 2.51. The van der Waals surface area contributed by atoms with Gasteiger partial charge in [0.1, 0.15) is 18.2 Å². The van der Waals surface area contributed by atoms with Crippen LogP contribution in [0.15, 0.2) is 52.1 Å². The number of furan rings is 1. The summed E-state index contributed by atoms with van der Waals surface area (Å²) in [4.78, 5) is 6.26. The Morgan fingerprint density at radius 3 is 2.68 bits per heavy atom. The van der Waals surface area contributed by atoms with Crippen molar-refractivity contribution in [3.63, 3.8) is 0 Å². The third-order valence-corrected chi connectivity index (χ3v) is 3.48. The molecule has 0 amide bonds. The third-order valence-electron chi connectivity index (χ3n) is 3.48. The summed E-state index contributed by atoms with van der Waals surface area (Å²) in [6.45, 7) is 2.56. The molecule has 0 unspecified atom stereocenters. The van der Waals surface area contributed by atoms with Gasteiger partial charge in [0.15, 0.2) is 5.96 Å². The molecule has 0 fully saturated rings. The molecule has 0 bridgehead atoms. The van der Waals surface area contributed by atoms with Crippen LogP contribution in [0.25, 0.3) is 0 Å². The SMILES string of the molecule is CN=C(NCCCOCc1ccco1)N(C)Cc1ccc(F)cc1.I. The molecular formula is C18H25FIN3O2. The molecule has 0 aliphatic heterocycles. The first kappa shape index (κ1) is 21.4. The lowest BCUT2D eigenvalue weighted by Crippen LogP contribution is -2.39. The van der Waals surface area contributed by atoms with Crippen LogP contribution in [0, 0.1) is 5.82 Å². The second-order valence-electron chi connectivity index (χ2n) is 5.44. The Balaban J connectivity index is 0.00000312. The molecule has 0 saturated carbocycles. The summed E-state index contributed by atoms with van der Waals surface area (Å²) in [5.41, 5.74) is 1.03. The summed E-state index contributed by atoms with van der Waals surface area (Å²) in [5, 5.41) is 3.29. The molecule has 2 rings (SSSR count). The zero-order valence-corrected chi connectivity index (χ0v) is 16.9. The molecule has 1 N–H and O–H groups in total. The van der Waals surface area contributed by atoms with E-state index in [0.717, 1.165) is 30.2 Å². The van der Waals surface area contributed by atoms with Crippen LogP contribution in [0.4, 0.5) is 4.39 Å². The minimum Gasteiger partial charge on any atom is -0.467 e. The first-order valence-electron chi connectivity index (χ1n) is 7.95. The van der Waals surface area contributed by atoms with Crippen molar-refractivity contribution in [2.75, 3.05) is 27.2 Å². The van der Waals surface area contributed by atoms with E-state index in [1.165, 1.54) is 12.1 Å². The maximum absolute atomic E-state index is 12.9. The van der Waals surface area contributed by atoms with E-state index < -0.39 is 0 Å². The normalized spacial score (nSPS) is 11.1. The molecule has 0 radical (unpaired) electrons. The third kappa shape index (κ3) is 7.87. The molecule has 7 heteroatoms. The molecule has 0 spiro atoms. The summed E-state index contributed by atoms with van der Waals surface area (Å²) in [5.74, 6) is 1.40. The average molecular weight is 461 g/mol. The van der Waals surface area contributed by atoms with Crippen molar-refractivity contribution >= 4 is 29.9 Å². The standard InChI is InChI=1S/C18H24FN3O2.HI/c1-20-18(22(2)13-15-6-8-16(19)9-7-15)21-10-4-11-23-14-17-5-3-12-24-17;/h3,5-9,12H,4,10-11,13-14H2,1-2H3,(H,20,21);1H. The number of ether oxygens (including phenoxy) is 1. The van der Waals surface area contributed by atoms with Crippen molar-refractivity contribution in [2.45, 2.75) is 19.6 Å². The summed E-state index contributed by atoms with van der Waals surface area (Å²) < 4.78 is 23.7. The molecule has 0 atom stereocenters. The van der Waals surface area contributed by atoms with Gasteiger partial charge in [-0.25, -0.2) is 4.39 Å². The van der Waals surface area contributed by atoms with Gasteiger partial charge in [0, 0.05) is 33.8 Å². The lowest BCUT2D eigenvalue weighted by Gasteiger charge is -2.22. The zero-order chi connectivity index (χ0) is 17.2. The Hall–Kier alpha value is -1.61. The minimum absolute atomic E-state index is 0. The Kier molecular flexibility index (Phi) is 10.2. The maximum atomic E-state index is 12.9. The van der Waals surface area contributed by atoms with Crippen LogP contribution >= 0.6 is 24.0 Å². The van der Waals surface area contributed by atoms with Crippen molar-refractivity contribution in [3.8, 4) is 0 Å². The van der Waals surface area contributed by atoms with E-state index in [-0.39, 0.29) is 29.8 Å². The van der Waals surface area contributed by atoms with Crippen molar-refractivity contribution in [2.24, 2.45) is 4.99 Å². The van der Waals surface area contributed by atoms with Gasteiger partial charge < -0.3 is 19.4 Å². The van der Waals surface area contributed by atoms with Crippen molar-refractivity contribution < 1.29 is 13.5 Å². The van der Waals surface area contributed by atoms with Gasteiger partial charge in [-0.1, -0.05) is 12.1 Å². The van der Waals surface area contributed by atoms with Crippen LogP contribution in [0.5, 0.6) is 0 Å². The first-order valence-corrected chi connectivity index (χ1v) is 7.95. The molecular weight excluding hydrogens is 436 g/mol. The zero-order valence-electron chi connectivity index (χ0n) is 14.6. The number of rotatable bonds is 8. The fourth-order valence-corrected chi connectivity index (χ4v) is 2.27. The van der Waals surface area contributed by atoms with Crippen LogP contribution in [-0.4, -0.2) is 38.1 Å². The number of aliphatic imine (C=N–C) groups is 1. The molecule has 1 aromatic heterocycles. The lowest BCUT2D eigenvalue weighted by molar-refractivity contribution is 0.104. The summed E-state index contributed by atoms with van der Waals surface area (Å²) in [6, 6.07) is 10.2. The van der Waals surface area contributed by atoms with Gasteiger partial charge in [-0.05, 0) is 36.2 Å². The molecule has 1 heterocycles. The van der Waals surface area contributed by atoms with Gasteiger partial charge >= 0.3 is 0 Å². The molecule has 1 aromatic carbocycles. The molecule has 0 saturated heterocycles. The quantitative estimate of drug-likeness (QED) is 0.282. The van der Waals surface area contributed by atoms with E-state index in [2.05, 4.69) is 10.3 Å². The maximum Gasteiger partial charge on any atom is 0.193 e. The van der Waals surface area contributed by atoms with E-state index in [4.69, 9.17) is 9.15 Å². The lowest BCUT2D eigenvalue weighted by atomic mass is 10.2. The van der Waals surface area contributed by atoms with E-state index >= 15 is 0 Å². The smallest absolute Gasteiger partial charge is 0.193 e. The molecule has 25 heavy (non-hydrogen) atoms. The predicted molar refractivity (Wildman–Crippen MR) is 108 cm³/mol. The highest BCUT2D eigenvalue weighted by atomic mass is 127. The van der Waals surface area contributed by atoms with Crippen molar-refractivity contribution in [1.29, 1.82) is 0 Å². The molecule has 0 aliphatic carbocycles. The predicted octanol–water partition coefficient (Wildman–Crippen LogP) is 3.65. The van der Waals surface area contributed by atoms with E-state index in [9.17, 15) is 4.39 Å². The number of nitrogens with one attached hydrogen (secondary N) is 1. The molecule has 2 aromatic rings.